The molecule has 0 bridgehead atoms. The summed E-state index contributed by atoms with van der Waals surface area (Å²) >= 11 is 3.42. The van der Waals surface area contributed by atoms with Crippen LogP contribution in [0.5, 0.6) is 0 Å². The molecule has 0 saturated heterocycles. The third kappa shape index (κ3) is 1.61. The van der Waals surface area contributed by atoms with Gasteiger partial charge in [-0.15, -0.1) is 0 Å². The Kier molecular flexibility index (Phi) is 2.12. The Bertz CT molecular complexity index is 349. The van der Waals surface area contributed by atoms with E-state index >= 15 is 0 Å². The van der Waals surface area contributed by atoms with Crippen LogP contribution in [0.1, 0.15) is 17.9 Å². The first-order valence-electron chi connectivity index (χ1n) is 4.17. The van der Waals surface area contributed by atoms with Crippen LogP contribution in [0.2, 0.25) is 0 Å². The van der Waals surface area contributed by atoms with Gasteiger partial charge in [-0.2, -0.15) is 0 Å². The van der Waals surface area contributed by atoms with Gasteiger partial charge in [0, 0.05) is 4.47 Å². The van der Waals surface area contributed by atoms with Crippen LogP contribution < -0.4 is 0 Å². The fourth-order valence-electron chi connectivity index (χ4n) is 1.59. The Morgan fingerprint density at radius 3 is 2.69 bits per heavy atom. The van der Waals surface area contributed by atoms with Gasteiger partial charge in [0.2, 0.25) is 0 Å². The van der Waals surface area contributed by atoms with Crippen LogP contribution in [-0.4, -0.2) is 11.1 Å². The summed E-state index contributed by atoms with van der Waals surface area (Å²) in [5.74, 6) is -0.632. The fourth-order valence-corrected chi connectivity index (χ4v) is 2.17. The molecule has 0 heterocycles. The molecule has 68 valence electrons. The number of halogens is 1. The molecule has 0 aromatic heterocycles. The predicted molar refractivity (Wildman–Crippen MR) is 52.6 cm³/mol. The van der Waals surface area contributed by atoms with Crippen LogP contribution in [0.25, 0.3) is 0 Å². The van der Waals surface area contributed by atoms with Crippen LogP contribution in [0, 0.1) is 5.92 Å². The highest BCUT2D eigenvalue weighted by atomic mass is 79.9. The van der Waals surface area contributed by atoms with Gasteiger partial charge in [0.15, 0.2) is 0 Å². The summed E-state index contributed by atoms with van der Waals surface area (Å²) in [7, 11) is 0. The molecule has 0 amide bonds. The highest BCUT2D eigenvalue weighted by molar-refractivity contribution is 9.10. The first-order chi connectivity index (χ1) is 6.20. The van der Waals surface area contributed by atoms with E-state index in [-0.39, 0.29) is 11.8 Å². The summed E-state index contributed by atoms with van der Waals surface area (Å²) in [6.45, 7) is 0. The molecular weight excluding hydrogens is 232 g/mol. The molecule has 1 aromatic carbocycles. The molecule has 0 aliphatic heterocycles. The lowest BCUT2D eigenvalue weighted by Crippen LogP contribution is -1.99. The lowest BCUT2D eigenvalue weighted by Gasteiger charge is -2.00. The second-order valence-corrected chi connectivity index (χ2v) is 4.16. The molecule has 2 atom stereocenters. The van der Waals surface area contributed by atoms with Crippen LogP contribution in [0.4, 0.5) is 0 Å². The minimum Gasteiger partial charge on any atom is -0.481 e. The molecule has 1 aromatic rings. The molecule has 1 aliphatic carbocycles. The molecule has 13 heavy (non-hydrogen) atoms. The average molecular weight is 241 g/mol. The van der Waals surface area contributed by atoms with Crippen molar-refractivity contribution < 1.29 is 9.90 Å². The third-order valence-corrected chi connectivity index (χ3v) is 3.13. The number of hydrogen-bond acceptors (Lipinski definition) is 1. The van der Waals surface area contributed by atoms with E-state index in [1.165, 1.54) is 0 Å². The van der Waals surface area contributed by atoms with Crippen LogP contribution in [0.3, 0.4) is 0 Å². The van der Waals surface area contributed by atoms with Gasteiger partial charge in [-0.05, 0) is 24.0 Å². The van der Waals surface area contributed by atoms with E-state index in [4.69, 9.17) is 5.11 Å². The number of rotatable bonds is 2. The topological polar surface area (TPSA) is 37.3 Å². The van der Waals surface area contributed by atoms with Crippen molar-refractivity contribution in [3.05, 3.63) is 34.3 Å². The molecule has 0 spiro atoms. The molecule has 3 heteroatoms. The largest absolute Gasteiger partial charge is 0.481 e. The SMILES string of the molecule is O=C(O)[C@@H]1CC1c1ccccc1Br. The van der Waals surface area contributed by atoms with Crippen molar-refractivity contribution in [2.75, 3.05) is 0 Å². The summed E-state index contributed by atoms with van der Waals surface area (Å²) in [5, 5.41) is 8.76. The summed E-state index contributed by atoms with van der Waals surface area (Å²) in [6, 6.07) is 7.81. The highest BCUT2D eigenvalue weighted by Gasteiger charge is 2.44. The van der Waals surface area contributed by atoms with Crippen molar-refractivity contribution in [1.82, 2.24) is 0 Å². The van der Waals surface area contributed by atoms with Gasteiger partial charge in [0.05, 0.1) is 5.92 Å². The van der Waals surface area contributed by atoms with E-state index in [2.05, 4.69) is 15.9 Å². The van der Waals surface area contributed by atoms with Crippen LogP contribution in [-0.2, 0) is 4.79 Å². The number of carboxylic acids is 1. The molecular formula is C10H9BrO2. The smallest absolute Gasteiger partial charge is 0.307 e. The lowest BCUT2D eigenvalue weighted by molar-refractivity contribution is -0.138. The average Bonchev–Trinajstić information content (AvgIpc) is 2.84. The van der Waals surface area contributed by atoms with Crippen molar-refractivity contribution in [2.24, 2.45) is 5.92 Å². The van der Waals surface area contributed by atoms with E-state index in [0.29, 0.717) is 0 Å². The standard InChI is InChI=1S/C10H9BrO2/c11-9-4-2-1-3-6(9)7-5-8(7)10(12)13/h1-4,7-8H,5H2,(H,12,13)/t7?,8-/m1/s1. The van der Waals surface area contributed by atoms with E-state index in [1.54, 1.807) is 0 Å². The molecule has 1 aliphatic rings. The Morgan fingerprint density at radius 1 is 1.46 bits per heavy atom. The second-order valence-electron chi connectivity index (χ2n) is 3.31. The second kappa shape index (κ2) is 3.14. The van der Waals surface area contributed by atoms with Crippen molar-refractivity contribution in [3.63, 3.8) is 0 Å². The summed E-state index contributed by atoms with van der Waals surface area (Å²) in [5.41, 5.74) is 1.12. The number of carboxylic acid groups (broad SMARTS) is 1. The molecule has 0 radical (unpaired) electrons. The number of hydrogen-bond donors (Lipinski definition) is 1. The number of carbonyl (C=O) groups is 1. The molecule has 1 saturated carbocycles. The lowest BCUT2D eigenvalue weighted by atomic mass is 10.1. The van der Waals surface area contributed by atoms with Gasteiger partial charge < -0.3 is 5.11 Å². The Hall–Kier alpha value is -0.830. The van der Waals surface area contributed by atoms with Crippen molar-refractivity contribution in [1.29, 1.82) is 0 Å². The van der Waals surface area contributed by atoms with Crippen LogP contribution in [0.15, 0.2) is 28.7 Å². The first kappa shape index (κ1) is 8.75. The third-order valence-electron chi connectivity index (χ3n) is 2.41. The van der Waals surface area contributed by atoms with Crippen molar-refractivity contribution in [2.45, 2.75) is 12.3 Å². The van der Waals surface area contributed by atoms with Gasteiger partial charge >= 0.3 is 5.97 Å². The zero-order chi connectivity index (χ0) is 9.42. The van der Waals surface area contributed by atoms with Crippen molar-refractivity contribution >= 4 is 21.9 Å². The molecule has 1 N–H and O–H groups in total. The summed E-state index contributed by atoms with van der Waals surface area (Å²) < 4.78 is 1.02. The highest BCUT2D eigenvalue weighted by Crippen LogP contribution is 2.49. The zero-order valence-electron chi connectivity index (χ0n) is 6.90. The first-order valence-corrected chi connectivity index (χ1v) is 4.96. The van der Waals surface area contributed by atoms with Gasteiger partial charge in [-0.1, -0.05) is 34.1 Å². The normalized spacial score (nSPS) is 25.6. The van der Waals surface area contributed by atoms with E-state index in [0.717, 1.165) is 16.5 Å². The molecule has 2 nitrogen and oxygen atoms in total. The van der Waals surface area contributed by atoms with Crippen LogP contribution >= 0.6 is 15.9 Å². The van der Waals surface area contributed by atoms with Gasteiger partial charge in [0.1, 0.15) is 0 Å². The fraction of sp³-hybridized carbons (Fsp3) is 0.300. The van der Waals surface area contributed by atoms with E-state index < -0.39 is 5.97 Å². The van der Waals surface area contributed by atoms with Gasteiger partial charge in [0.25, 0.3) is 0 Å². The minimum atomic E-state index is -0.680. The minimum absolute atomic E-state index is 0.168. The quantitative estimate of drug-likeness (QED) is 0.864. The maximum Gasteiger partial charge on any atom is 0.307 e. The zero-order valence-corrected chi connectivity index (χ0v) is 8.49. The monoisotopic (exact) mass is 240 g/mol. The predicted octanol–water partition coefficient (Wildman–Crippen LogP) is 2.64. The Labute approximate surface area is 84.7 Å². The molecule has 1 unspecified atom stereocenters. The summed E-state index contributed by atoms with van der Waals surface area (Å²) in [4.78, 5) is 10.6. The van der Waals surface area contributed by atoms with E-state index in [1.807, 2.05) is 24.3 Å². The Morgan fingerprint density at radius 2 is 2.15 bits per heavy atom. The van der Waals surface area contributed by atoms with E-state index in [9.17, 15) is 4.79 Å². The molecule has 1 fully saturated rings. The molecule has 2 rings (SSSR count). The number of aliphatic carboxylic acids is 1. The number of benzene rings is 1. The van der Waals surface area contributed by atoms with Gasteiger partial charge in [-0.3, -0.25) is 4.79 Å². The maximum atomic E-state index is 10.6. The Balaban J connectivity index is 2.21. The van der Waals surface area contributed by atoms with Crippen molar-refractivity contribution in [3.8, 4) is 0 Å². The maximum absolute atomic E-state index is 10.6. The summed E-state index contributed by atoms with van der Waals surface area (Å²) in [6.07, 6.45) is 0.776. The van der Waals surface area contributed by atoms with Gasteiger partial charge in [-0.25, -0.2) is 0 Å².